The number of nitrogens with one attached hydrogen (secondary N) is 2. The topological polar surface area (TPSA) is 104 Å². The Kier molecular flexibility index (Phi) is 7.11. The molecule has 0 radical (unpaired) electrons. The van der Waals surface area contributed by atoms with Gasteiger partial charge in [0.25, 0.3) is 5.56 Å². The Labute approximate surface area is 177 Å². The van der Waals surface area contributed by atoms with E-state index in [1.165, 1.54) is 0 Å². The number of nitrogens with zero attached hydrogens (tertiary/aromatic N) is 3. The number of aromatic amines is 1. The molecule has 0 saturated carbocycles. The fourth-order valence-electron chi connectivity index (χ4n) is 3.00. The Hall–Kier alpha value is -2.58. The Morgan fingerprint density at radius 3 is 2.69 bits per heavy atom. The Balaban J connectivity index is 1.50. The minimum absolute atomic E-state index is 0.169. The number of rotatable bonds is 8. The maximum absolute atomic E-state index is 12.3. The molecule has 0 aliphatic rings. The zero-order valence-corrected chi connectivity index (χ0v) is 18.0. The number of aryl methyl sites for hydroxylation is 2. The normalized spacial score (nSPS) is 12.0. The van der Waals surface area contributed by atoms with Gasteiger partial charge in [-0.25, -0.2) is 4.98 Å². The van der Waals surface area contributed by atoms with Crippen molar-refractivity contribution in [2.75, 3.05) is 11.9 Å². The van der Waals surface area contributed by atoms with Crippen molar-refractivity contribution < 1.29 is 5.11 Å². The third-order valence-corrected chi connectivity index (χ3v) is 5.02. The molecule has 3 aromatic heterocycles. The van der Waals surface area contributed by atoms with Crippen LogP contribution in [0.5, 0.6) is 0 Å². The van der Waals surface area contributed by atoms with Crippen LogP contribution in [-0.2, 0) is 6.42 Å². The van der Waals surface area contributed by atoms with Gasteiger partial charge in [-0.3, -0.25) is 19.7 Å². The van der Waals surface area contributed by atoms with Gasteiger partial charge in [-0.1, -0.05) is 6.07 Å². The predicted molar refractivity (Wildman–Crippen MR) is 116 cm³/mol. The van der Waals surface area contributed by atoms with Crippen molar-refractivity contribution in [3.8, 4) is 0 Å². The van der Waals surface area contributed by atoms with Crippen LogP contribution in [0.4, 0.5) is 5.95 Å². The lowest BCUT2D eigenvalue weighted by Crippen LogP contribution is -2.18. The molecule has 0 saturated heterocycles. The van der Waals surface area contributed by atoms with Crippen LogP contribution in [0.15, 0.2) is 46.1 Å². The second kappa shape index (κ2) is 9.76. The SMILES string of the molecule is Cc1ccc(Cc2cnc(NCCCC(O)c3ncc(Br)cc3C)[nH]c2=O)cn1. The van der Waals surface area contributed by atoms with Gasteiger partial charge < -0.3 is 10.4 Å². The molecule has 7 nitrogen and oxygen atoms in total. The van der Waals surface area contributed by atoms with Gasteiger partial charge in [-0.05, 0) is 65.9 Å². The van der Waals surface area contributed by atoms with E-state index in [-0.39, 0.29) is 5.56 Å². The molecule has 3 N–H and O–H groups in total. The number of aliphatic hydroxyl groups is 1. The van der Waals surface area contributed by atoms with Crippen molar-refractivity contribution in [2.45, 2.75) is 39.2 Å². The highest BCUT2D eigenvalue weighted by atomic mass is 79.9. The molecule has 0 fully saturated rings. The van der Waals surface area contributed by atoms with E-state index in [0.29, 0.717) is 43.0 Å². The average molecular weight is 458 g/mol. The van der Waals surface area contributed by atoms with E-state index >= 15 is 0 Å². The van der Waals surface area contributed by atoms with E-state index in [1.54, 1.807) is 18.6 Å². The molecule has 1 unspecified atom stereocenters. The van der Waals surface area contributed by atoms with Gasteiger partial charge in [-0.15, -0.1) is 0 Å². The lowest BCUT2D eigenvalue weighted by Gasteiger charge is -2.13. The Morgan fingerprint density at radius 1 is 1.17 bits per heavy atom. The number of pyridine rings is 2. The van der Waals surface area contributed by atoms with Crippen LogP contribution in [-0.4, -0.2) is 31.6 Å². The second-order valence-corrected chi connectivity index (χ2v) is 7.93. The summed E-state index contributed by atoms with van der Waals surface area (Å²) < 4.78 is 0.893. The summed E-state index contributed by atoms with van der Waals surface area (Å²) in [5, 5.41) is 13.4. The summed E-state index contributed by atoms with van der Waals surface area (Å²) in [5.41, 5.74) is 3.97. The first-order valence-electron chi connectivity index (χ1n) is 9.46. The molecular formula is C21H24BrN5O2. The predicted octanol–water partition coefficient (Wildman–Crippen LogP) is 3.46. The van der Waals surface area contributed by atoms with Crippen LogP contribution in [0, 0.1) is 13.8 Å². The summed E-state index contributed by atoms with van der Waals surface area (Å²) in [5.74, 6) is 0.424. The van der Waals surface area contributed by atoms with E-state index in [9.17, 15) is 9.90 Å². The van der Waals surface area contributed by atoms with Crippen molar-refractivity contribution in [2.24, 2.45) is 0 Å². The number of halogens is 1. The lowest BCUT2D eigenvalue weighted by molar-refractivity contribution is 0.160. The lowest BCUT2D eigenvalue weighted by atomic mass is 10.1. The van der Waals surface area contributed by atoms with Crippen LogP contribution in [0.2, 0.25) is 0 Å². The molecule has 0 spiro atoms. The molecule has 0 aliphatic heterocycles. The fraction of sp³-hybridized carbons (Fsp3) is 0.333. The third-order valence-electron chi connectivity index (χ3n) is 4.59. The summed E-state index contributed by atoms with van der Waals surface area (Å²) >= 11 is 3.37. The number of aliphatic hydroxyl groups excluding tert-OH is 1. The molecule has 3 aromatic rings. The minimum Gasteiger partial charge on any atom is -0.387 e. The van der Waals surface area contributed by atoms with Crippen LogP contribution in [0.1, 0.15) is 47.0 Å². The molecule has 3 heterocycles. The maximum Gasteiger partial charge on any atom is 0.255 e. The van der Waals surface area contributed by atoms with Crippen LogP contribution in [0.3, 0.4) is 0 Å². The Bertz CT molecular complexity index is 1020. The molecule has 1 atom stereocenters. The molecule has 29 heavy (non-hydrogen) atoms. The summed E-state index contributed by atoms with van der Waals surface area (Å²) in [7, 11) is 0. The van der Waals surface area contributed by atoms with Gasteiger partial charge >= 0.3 is 0 Å². The number of H-pyrrole nitrogens is 1. The number of hydrogen-bond donors (Lipinski definition) is 3. The average Bonchev–Trinajstić information content (AvgIpc) is 2.68. The fourth-order valence-corrected chi connectivity index (χ4v) is 3.44. The van der Waals surface area contributed by atoms with Crippen molar-refractivity contribution >= 4 is 21.9 Å². The summed E-state index contributed by atoms with van der Waals surface area (Å²) in [4.78, 5) is 27.9. The monoisotopic (exact) mass is 457 g/mol. The second-order valence-electron chi connectivity index (χ2n) is 7.01. The van der Waals surface area contributed by atoms with Crippen molar-refractivity contribution in [3.63, 3.8) is 0 Å². The molecule has 0 amide bonds. The van der Waals surface area contributed by atoms with Gasteiger partial charge in [0.15, 0.2) is 0 Å². The minimum atomic E-state index is -0.623. The van der Waals surface area contributed by atoms with Crippen molar-refractivity contribution in [3.05, 3.63) is 79.7 Å². The first-order valence-corrected chi connectivity index (χ1v) is 10.3. The van der Waals surface area contributed by atoms with Gasteiger partial charge in [0.1, 0.15) is 0 Å². The van der Waals surface area contributed by atoms with Gasteiger partial charge in [0, 0.05) is 47.3 Å². The molecule has 0 aliphatic carbocycles. The van der Waals surface area contributed by atoms with Gasteiger partial charge in [0.2, 0.25) is 5.95 Å². The number of hydrogen-bond acceptors (Lipinski definition) is 6. The first kappa shape index (κ1) is 21.1. The molecule has 0 bridgehead atoms. The zero-order chi connectivity index (χ0) is 20.8. The van der Waals surface area contributed by atoms with Crippen LogP contribution in [0.25, 0.3) is 0 Å². The molecular weight excluding hydrogens is 434 g/mol. The maximum atomic E-state index is 12.3. The standard InChI is InChI=1S/C21H24BrN5O2/c1-13-8-17(22)12-25-19(13)18(28)4-3-7-23-21-26-11-16(20(29)27-21)9-15-6-5-14(2)24-10-15/h5-6,8,10-12,18,28H,3-4,7,9H2,1-2H3,(H2,23,26,27,29). The Morgan fingerprint density at radius 2 is 2.00 bits per heavy atom. The van der Waals surface area contributed by atoms with E-state index in [1.807, 2.05) is 32.0 Å². The van der Waals surface area contributed by atoms with Crippen LogP contribution >= 0.6 is 15.9 Å². The first-order chi connectivity index (χ1) is 13.9. The van der Waals surface area contributed by atoms with E-state index < -0.39 is 6.10 Å². The van der Waals surface area contributed by atoms with E-state index in [0.717, 1.165) is 21.3 Å². The zero-order valence-electron chi connectivity index (χ0n) is 16.4. The number of anilines is 1. The molecule has 8 heteroatoms. The highest BCUT2D eigenvalue weighted by Crippen LogP contribution is 2.22. The summed E-state index contributed by atoms with van der Waals surface area (Å²) in [6, 6.07) is 5.82. The van der Waals surface area contributed by atoms with Gasteiger partial charge in [-0.2, -0.15) is 0 Å². The van der Waals surface area contributed by atoms with Crippen molar-refractivity contribution in [1.82, 2.24) is 19.9 Å². The van der Waals surface area contributed by atoms with E-state index in [2.05, 4.69) is 41.2 Å². The highest BCUT2D eigenvalue weighted by Gasteiger charge is 2.12. The summed E-state index contributed by atoms with van der Waals surface area (Å²) in [6.07, 6.45) is 6.18. The largest absolute Gasteiger partial charge is 0.387 e. The molecule has 0 aromatic carbocycles. The van der Waals surface area contributed by atoms with E-state index in [4.69, 9.17) is 0 Å². The molecule has 3 rings (SSSR count). The number of aromatic nitrogens is 4. The molecule has 152 valence electrons. The third kappa shape index (κ3) is 5.95. The van der Waals surface area contributed by atoms with Gasteiger partial charge in [0.05, 0.1) is 11.8 Å². The van der Waals surface area contributed by atoms with Crippen LogP contribution < -0.4 is 10.9 Å². The van der Waals surface area contributed by atoms with Crippen molar-refractivity contribution in [1.29, 1.82) is 0 Å². The summed E-state index contributed by atoms with van der Waals surface area (Å²) in [6.45, 7) is 4.43. The smallest absolute Gasteiger partial charge is 0.255 e. The highest BCUT2D eigenvalue weighted by molar-refractivity contribution is 9.10. The quantitative estimate of drug-likeness (QED) is 0.447.